The van der Waals surface area contributed by atoms with Gasteiger partial charge in [0.15, 0.2) is 0 Å². The fourth-order valence-electron chi connectivity index (χ4n) is 3.05. The van der Waals surface area contributed by atoms with E-state index in [2.05, 4.69) is 5.32 Å². The molecule has 148 valence electrons. The van der Waals surface area contributed by atoms with Crippen LogP contribution in [0.25, 0.3) is 0 Å². The first-order valence-corrected chi connectivity index (χ1v) is 9.65. The Balaban J connectivity index is 1.85. The summed E-state index contributed by atoms with van der Waals surface area (Å²) in [4.78, 5) is 23.9. The van der Waals surface area contributed by atoms with E-state index in [1.165, 1.54) is 6.07 Å². The van der Waals surface area contributed by atoms with Crippen molar-refractivity contribution in [3.63, 3.8) is 0 Å². The molecule has 0 heterocycles. The average Bonchev–Trinajstić information content (AvgIpc) is 2.68. The molecule has 1 amide bonds. The normalized spacial score (nSPS) is 11.2. The number of nitrogens with one attached hydrogen (secondary N) is 1. The molecule has 0 aromatic heterocycles. The van der Waals surface area contributed by atoms with Gasteiger partial charge in [-0.05, 0) is 65.2 Å². The Labute approximate surface area is 179 Å². The average molecular weight is 428 g/mol. The van der Waals surface area contributed by atoms with Crippen LogP contribution in [0.4, 0.5) is 5.69 Å². The summed E-state index contributed by atoms with van der Waals surface area (Å²) in [5.41, 5.74) is 2.62. The standard InChI is InChI=1S/C23H19Cl2NO3/c1-23(2,15-6-9-18(27)10-7-15)16-8-11-19(20(24)13-16)22(29)26-17-5-3-4-14(12-17)21(25)28/h3-13,27H,1-2H3,(H,26,29). The number of halogens is 2. The predicted molar refractivity (Wildman–Crippen MR) is 116 cm³/mol. The Kier molecular flexibility index (Phi) is 5.96. The minimum absolute atomic E-state index is 0.203. The van der Waals surface area contributed by atoms with Crippen LogP contribution in [-0.4, -0.2) is 16.3 Å². The molecule has 0 spiro atoms. The Morgan fingerprint density at radius 1 is 0.931 bits per heavy atom. The summed E-state index contributed by atoms with van der Waals surface area (Å²) in [7, 11) is 0. The highest BCUT2D eigenvalue weighted by Crippen LogP contribution is 2.34. The van der Waals surface area contributed by atoms with Crippen molar-refractivity contribution in [1.29, 1.82) is 0 Å². The van der Waals surface area contributed by atoms with Crippen LogP contribution in [-0.2, 0) is 5.41 Å². The highest BCUT2D eigenvalue weighted by Gasteiger charge is 2.24. The van der Waals surface area contributed by atoms with Gasteiger partial charge in [-0.2, -0.15) is 0 Å². The fraction of sp³-hybridized carbons (Fsp3) is 0.130. The Morgan fingerprint density at radius 2 is 1.59 bits per heavy atom. The number of hydrogen-bond acceptors (Lipinski definition) is 3. The lowest BCUT2D eigenvalue weighted by Gasteiger charge is -2.26. The monoisotopic (exact) mass is 427 g/mol. The number of benzene rings is 3. The maximum Gasteiger partial charge on any atom is 0.257 e. The topological polar surface area (TPSA) is 66.4 Å². The van der Waals surface area contributed by atoms with E-state index in [1.54, 1.807) is 42.5 Å². The maximum absolute atomic E-state index is 12.6. The zero-order chi connectivity index (χ0) is 21.2. The summed E-state index contributed by atoms with van der Waals surface area (Å²) in [5.74, 6) is -0.183. The highest BCUT2D eigenvalue weighted by molar-refractivity contribution is 6.67. The first kappa shape index (κ1) is 20.9. The van der Waals surface area contributed by atoms with E-state index in [0.717, 1.165) is 11.1 Å². The van der Waals surface area contributed by atoms with Gasteiger partial charge in [0.1, 0.15) is 5.75 Å². The molecule has 0 unspecified atom stereocenters. The van der Waals surface area contributed by atoms with Crippen molar-refractivity contribution >= 4 is 40.0 Å². The Morgan fingerprint density at radius 3 is 2.21 bits per heavy atom. The number of carbonyl (C=O) groups excluding carboxylic acids is 2. The molecule has 0 radical (unpaired) electrons. The molecular weight excluding hydrogens is 409 g/mol. The van der Waals surface area contributed by atoms with Crippen molar-refractivity contribution in [3.8, 4) is 5.75 Å². The summed E-state index contributed by atoms with van der Waals surface area (Å²) in [6.07, 6.45) is 0. The van der Waals surface area contributed by atoms with Gasteiger partial charge < -0.3 is 10.4 Å². The predicted octanol–water partition coefficient (Wildman–Crippen LogP) is 6.00. The number of aromatic hydroxyl groups is 1. The lowest BCUT2D eigenvalue weighted by atomic mass is 9.78. The third-order valence-electron chi connectivity index (χ3n) is 4.87. The molecule has 6 heteroatoms. The molecule has 0 fully saturated rings. The van der Waals surface area contributed by atoms with E-state index in [9.17, 15) is 14.7 Å². The fourth-order valence-corrected chi connectivity index (χ4v) is 3.43. The third-order valence-corrected chi connectivity index (χ3v) is 5.40. The van der Waals surface area contributed by atoms with E-state index in [0.29, 0.717) is 21.8 Å². The van der Waals surface area contributed by atoms with Crippen molar-refractivity contribution in [2.75, 3.05) is 5.32 Å². The lowest BCUT2D eigenvalue weighted by molar-refractivity contribution is 0.102. The number of carbonyl (C=O) groups is 2. The summed E-state index contributed by atoms with van der Waals surface area (Å²) >= 11 is 11.9. The van der Waals surface area contributed by atoms with Crippen molar-refractivity contribution in [3.05, 3.63) is 94.0 Å². The Hall–Kier alpha value is -2.82. The number of phenols is 1. The smallest absolute Gasteiger partial charge is 0.257 e. The molecule has 0 aliphatic rings. The zero-order valence-electron chi connectivity index (χ0n) is 15.9. The molecule has 3 rings (SSSR count). The van der Waals surface area contributed by atoms with Gasteiger partial charge in [0.25, 0.3) is 11.1 Å². The number of phenolic OH excluding ortho intramolecular Hbond substituents is 1. The van der Waals surface area contributed by atoms with Gasteiger partial charge in [0, 0.05) is 16.7 Å². The van der Waals surface area contributed by atoms with Crippen LogP contribution in [0.15, 0.2) is 66.7 Å². The number of anilines is 1. The molecule has 0 aliphatic carbocycles. The molecule has 0 aliphatic heterocycles. The SMILES string of the molecule is CC(C)(c1ccc(O)cc1)c1ccc(C(=O)Nc2cccc(C(=O)Cl)c2)c(Cl)c1. The molecule has 4 nitrogen and oxygen atoms in total. The number of amides is 1. The van der Waals surface area contributed by atoms with Crippen molar-refractivity contribution in [2.24, 2.45) is 0 Å². The van der Waals surface area contributed by atoms with Crippen LogP contribution in [0.3, 0.4) is 0 Å². The van der Waals surface area contributed by atoms with Crippen LogP contribution in [0, 0.1) is 0 Å². The summed E-state index contributed by atoms with van der Waals surface area (Å²) < 4.78 is 0. The molecule has 0 saturated carbocycles. The molecule has 0 saturated heterocycles. The van der Waals surface area contributed by atoms with E-state index >= 15 is 0 Å². The van der Waals surface area contributed by atoms with Crippen molar-refractivity contribution < 1.29 is 14.7 Å². The Bertz CT molecular complexity index is 1080. The van der Waals surface area contributed by atoms with Crippen LogP contribution in [0.5, 0.6) is 5.75 Å². The maximum atomic E-state index is 12.6. The molecule has 29 heavy (non-hydrogen) atoms. The van der Waals surface area contributed by atoms with Crippen molar-refractivity contribution in [2.45, 2.75) is 19.3 Å². The number of rotatable bonds is 5. The second kappa shape index (κ2) is 8.27. The van der Waals surface area contributed by atoms with Crippen LogP contribution < -0.4 is 5.32 Å². The lowest BCUT2D eigenvalue weighted by Crippen LogP contribution is -2.20. The highest BCUT2D eigenvalue weighted by atomic mass is 35.5. The van der Waals surface area contributed by atoms with Gasteiger partial charge >= 0.3 is 0 Å². The second-order valence-electron chi connectivity index (χ2n) is 7.18. The van der Waals surface area contributed by atoms with Crippen LogP contribution >= 0.6 is 23.2 Å². The van der Waals surface area contributed by atoms with E-state index in [1.807, 2.05) is 32.0 Å². The largest absolute Gasteiger partial charge is 0.508 e. The molecule has 2 N–H and O–H groups in total. The molecule has 3 aromatic carbocycles. The third kappa shape index (κ3) is 4.61. The summed E-state index contributed by atoms with van der Waals surface area (Å²) in [5, 5.41) is 12.0. The quantitative estimate of drug-likeness (QED) is 0.490. The van der Waals surface area contributed by atoms with E-state index in [-0.39, 0.29) is 17.1 Å². The summed E-state index contributed by atoms with van der Waals surface area (Å²) in [6, 6.07) is 18.7. The molecular formula is C23H19Cl2NO3. The van der Waals surface area contributed by atoms with Gasteiger partial charge in [-0.15, -0.1) is 0 Å². The first-order chi connectivity index (χ1) is 13.7. The van der Waals surface area contributed by atoms with Crippen LogP contribution in [0.1, 0.15) is 45.7 Å². The second-order valence-corrected chi connectivity index (χ2v) is 7.93. The van der Waals surface area contributed by atoms with Gasteiger partial charge in [-0.25, -0.2) is 0 Å². The zero-order valence-corrected chi connectivity index (χ0v) is 17.4. The minimum atomic E-state index is -0.597. The van der Waals surface area contributed by atoms with E-state index < -0.39 is 5.24 Å². The van der Waals surface area contributed by atoms with Gasteiger partial charge in [0.05, 0.1) is 10.6 Å². The molecule has 3 aromatic rings. The van der Waals surface area contributed by atoms with Gasteiger partial charge in [-0.1, -0.05) is 49.7 Å². The van der Waals surface area contributed by atoms with Gasteiger partial charge in [-0.3, -0.25) is 9.59 Å². The van der Waals surface area contributed by atoms with E-state index in [4.69, 9.17) is 23.2 Å². The first-order valence-electron chi connectivity index (χ1n) is 8.89. The molecule has 0 bridgehead atoms. The van der Waals surface area contributed by atoms with Crippen LogP contribution in [0.2, 0.25) is 5.02 Å². The number of hydrogen-bond donors (Lipinski definition) is 2. The molecule has 0 atom stereocenters. The minimum Gasteiger partial charge on any atom is -0.508 e. The van der Waals surface area contributed by atoms with Gasteiger partial charge in [0.2, 0.25) is 0 Å². The summed E-state index contributed by atoms with van der Waals surface area (Å²) in [6.45, 7) is 4.08. The van der Waals surface area contributed by atoms with Crippen molar-refractivity contribution in [1.82, 2.24) is 0 Å².